The summed E-state index contributed by atoms with van der Waals surface area (Å²) in [6.45, 7) is 14.9. The summed E-state index contributed by atoms with van der Waals surface area (Å²) in [5, 5.41) is 33.2. The van der Waals surface area contributed by atoms with Gasteiger partial charge in [-0.3, -0.25) is 4.79 Å². The van der Waals surface area contributed by atoms with Crippen molar-refractivity contribution in [2.75, 3.05) is 0 Å². The fraction of sp³-hybridized carbons (Fsp3) is 0.967. The van der Waals surface area contributed by atoms with Gasteiger partial charge in [0, 0.05) is 18.8 Å². The average molecular weight is 493 g/mol. The molecule has 0 radical (unpaired) electrons. The number of carbonyl (C=O) groups is 1. The van der Waals surface area contributed by atoms with Gasteiger partial charge in [0.15, 0.2) is 0 Å². The number of aliphatic hydroxyl groups is 3. The van der Waals surface area contributed by atoms with Crippen molar-refractivity contribution in [3.63, 3.8) is 0 Å². The van der Waals surface area contributed by atoms with E-state index in [4.69, 9.17) is 4.74 Å². The Hall–Kier alpha value is -0.650. The number of carbonyl (C=O) groups excluding carboxylic acids is 1. The van der Waals surface area contributed by atoms with Crippen molar-refractivity contribution >= 4 is 5.97 Å². The van der Waals surface area contributed by atoms with Crippen molar-refractivity contribution < 1.29 is 24.9 Å². The molecule has 0 aliphatic heterocycles. The van der Waals surface area contributed by atoms with Gasteiger partial charge in [-0.15, -0.1) is 0 Å². The fourth-order valence-electron chi connectivity index (χ4n) is 9.77. The van der Waals surface area contributed by atoms with E-state index in [9.17, 15) is 20.1 Å². The van der Waals surface area contributed by atoms with Crippen LogP contribution in [0.15, 0.2) is 0 Å². The average Bonchev–Trinajstić information content (AvgIpc) is 3.10. The SMILES string of the molecule is CC(=O)OC(C)(C)C(C)CC[C@@H](C)[C@H]1CC[C@H]2[C@@H]3C[C@@H](O)[C@@]4(O)C[C@@H](O)CC[C@]4(C)[C@H]3CC[C@]12C. The molecule has 1 unspecified atom stereocenters. The highest BCUT2D eigenvalue weighted by Crippen LogP contribution is 2.69. The summed E-state index contributed by atoms with van der Waals surface area (Å²) in [6, 6.07) is 0. The minimum absolute atomic E-state index is 0.208. The van der Waals surface area contributed by atoms with E-state index in [1.54, 1.807) is 0 Å². The number of rotatable bonds is 6. The fourth-order valence-corrected chi connectivity index (χ4v) is 9.77. The molecule has 4 aliphatic rings. The van der Waals surface area contributed by atoms with Crippen molar-refractivity contribution in [1.82, 2.24) is 0 Å². The maximum Gasteiger partial charge on any atom is 0.303 e. The highest BCUT2D eigenvalue weighted by atomic mass is 16.6. The quantitative estimate of drug-likeness (QED) is 0.427. The number of hydrogen-bond acceptors (Lipinski definition) is 5. The first-order chi connectivity index (χ1) is 16.2. The third-order valence-electron chi connectivity index (χ3n) is 12.2. The smallest absolute Gasteiger partial charge is 0.303 e. The Morgan fingerprint density at radius 3 is 2.37 bits per heavy atom. The zero-order valence-corrected chi connectivity index (χ0v) is 23.3. The molecule has 0 aromatic carbocycles. The summed E-state index contributed by atoms with van der Waals surface area (Å²) >= 11 is 0. The van der Waals surface area contributed by atoms with E-state index in [2.05, 4.69) is 27.7 Å². The van der Waals surface area contributed by atoms with Crippen molar-refractivity contribution in [3.05, 3.63) is 0 Å². The Morgan fingerprint density at radius 1 is 1.03 bits per heavy atom. The zero-order chi connectivity index (χ0) is 26.0. The Balaban J connectivity index is 1.46. The molecular formula is C30H52O5. The standard InChI is InChI=1S/C30H52O5/c1-18(8-9-19(2)27(4,5)35-20(3)31)23-10-11-24-22-16-26(33)30(34)17-21(32)12-15-29(30,7)25(22)13-14-28(23,24)6/h18-19,21-26,32-34H,8-17H2,1-7H3/t18-,19?,21+,22+,23-,24+,25+,26-,28-,29-,30+/m1/s1. The van der Waals surface area contributed by atoms with Gasteiger partial charge in [-0.1, -0.05) is 34.1 Å². The number of esters is 1. The van der Waals surface area contributed by atoms with Gasteiger partial charge in [0.2, 0.25) is 0 Å². The number of aliphatic hydroxyl groups excluding tert-OH is 2. The minimum atomic E-state index is -1.16. The second-order valence-electron chi connectivity index (χ2n) is 14.2. The first-order valence-electron chi connectivity index (χ1n) is 14.4. The molecule has 4 rings (SSSR count). The lowest BCUT2D eigenvalue weighted by Crippen LogP contribution is -2.68. The lowest BCUT2D eigenvalue weighted by atomic mass is 9.42. The molecule has 0 aromatic rings. The monoisotopic (exact) mass is 492 g/mol. The summed E-state index contributed by atoms with van der Waals surface area (Å²) in [4.78, 5) is 11.5. The van der Waals surface area contributed by atoms with Gasteiger partial charge in [0.25, 0.3) is 0 Å². The van der Waals surface area contributed by atoms with E-state index in [0.29, 0.717) is 48.3 Å². The van der Waals surface area contributed by atoms with Crippen LogP contribution in [0, 0.1) is 46.3 Å². The highest BCUT2D eigenvalue weighted by Gasteiger charge is 2.67. The van der Waals surface area contributed by atoms with E-state index in [1.807, 2.05) is 13.8 Å². The molecule has 0 saturated heterocycles. The Morgan fingerprint density at radius 2 is 1.71 bits per heavy atom. The zero-order valence-electron chi connectivity index (χ0n) is 23.3. The van der Waals surface area contributed by atoms with Crippen LogP contribution in [0.3, 0.4) is 0 Å². The van der Waals surface area contributed by atoms with Crippen LogP contribution in [0.1, 0.15) is 113 Å². The maximum absolute atomic E-state index is 11.7. The van der Waals surface area contributed by atoms with E-state index < -0.39 is 23.4 Å². The Bertz CT molecular complexity index is 796. The number of fused-ring (bicyclic) bond motifs is 5. The lowest BCUT2D eigenvalue weighted by Gasteiger charge is -2.65. The Labute approximate surface area is 213 Å². The van der Waals surface area contributed by atoms with Gasteiger partial charge >= 0.3 is 5.97 Å². The summed E-state index contributed by atoms with van der Waals surface area (Å²) in [5.74, 6) is 2.89. The van der Waals surface area contributed by atoms with Gasteiger partial charge in [0.1, 0.15) is 5.60 Å². The van der Waals surface area contributed by atoms with Crippen molar-refractivity contribution in [2.45, 2.75) is 136 Å². The topological polar surface area (TPSA) is 87.0 Å². The van der Waals surface area contributed by atoms with Crippen molar-refractivity contribution in [3.8, 4) is 0 Å². The second kappa shape index (κ2) is 9.27. The minimum Gasteiger partial charge on any atom is -0.460 e. The van der Waals surface area contributed by atoms with Gasteiger partial charge < -0.3 is 20.1 Å². The van der Waals surface area contributed by atoms with Crippen molar-refractivity contribution in [2.24, 2.45) is 46.3 Å². The molecule has 4 aliphatic carbocycles. The lowest BCUT2D eigenvalue weighted by molar-refractivity contribution is -0.264. The maximum atomic E-state index is 11.7. The first kappa shape index (κ1) is 27.4. The normalized spacial score (nSPS) is 47.3. The van der Waals surface area contributed by atoms with Gasteiger partial charge in [-0.25, -0.2) is 0 Å². The summed E-state index contributed by atoms with van der Waals surface area (Å²) < 4.78 is 5.60. The molecule has 0 spiro atoms. The molecule has 5 heteroatoms. The summed E-state index contributed by atoms with van der Waals surface area (Å²) in [5.41, 5.74) is -1.62. The predicted octanol–water partition coefficient (Wildman–Crippen LogP) is 5.49. The van der Waals surface area contributed by atoms with Gasteiger partial charge in [-0.05, 0) is 106 Å². The molecule has 202 valence electrons. The molecular weight excluding hydrogens is 440 g/mol. The molecule has 0 heterocycles. The molecule has 0 amide bonds. The molecule has 4 saturated carbocycles. The predicted molar refractivity (Wildman–Crippen MR) is 137 cm³/mol. The first-order valence-corrected chi connectivity index (χ1v) is 14.4. The number of hydrogen-bond donors (Lipinski definition) is 3. The summed E-state index contributed by atoms with van der Waals surface area (Å²) in [6.07, 6.45) is 8.29. The van der Waals surface area contributed by atoms with Crippen LogP contribution in [-0.4, -0.2) is 44.7 Å². The van der Waals surface area contributed by atoms with E-state index in [1.165, 1.54) is 26.2 Å². The molecule has 0 bridgehead atoms. The van der Waals surface area contributed by atoms with Gasteiger partial charge in [0.05, 0.1) is 17.8 Å². The largest absolute Gasteiger partial charge is 0.460 e. The van der Waals surface area contributed by atoms with E-state index in [-0.39, 0.29) is 16.8 Å². The second-order valence-corrected chi connectivity index (χ2v) is 14.2. The molecule has 4 fully saturated rings. The van der Waals surface area contributed by atoms with Crippen LogP contribution in [0.5, 0.6) is 0 Å². The van der Waals surface area contributed by atoms with Crippen LogP contribution < -0.4 is 0 Å². The van der Waals surface area contributed by atoms with Crippen LogP contribution >= 0.6 is 0 Å². The van der Waals surface area contributed by atoms with Crippen LogP contribution in [0.25, 0.3) is 0 Å². The molecule has 11 atom stereocenters. The van der Waals surface area contributed by atoms with Crippen LogP contribution in [0.4, 0.5) is 0 Å². The molecule has 0 aromatic heterocycles. The van der Waals surface area contributed by atoms with E-state index >= 15 is 0 Å². The van der Waals surface area contributed by atoms with Crippen molar-refractivity contribution in [1.29, 1.82) is 0 Å². The third-order valence-corrected chi connectivity index (χ3v) is 12.2. The Kier molecular flexibility index (Phi) is 7.26. The summed E-state index contributed by atoms with van der Waals surface area (Å²) in [7, 11) is 0. The van der Waals surface area contributed by atoms with Crippen LogP contribution in [-0.2, 0) is 9.53 Å². The number of ether oxygens (including phenoxy) is 1. The van der Waals surface area contributed by atoms with Crippen LogP contribution in [0.2, 0.25) is 0 Å². The highest BCUT2D eigenvalue weighted by molar-refractivity contribution is 5.66. The molecule has 5 nitrogen and oxygen atoms in total. The third kappa shape index (κ3) is 4.40. The molecule has 3 N–H and O–H groups in total. The van der Waals surface area contributed by atoms with E-state index in [0.717, 1.165) is 32.1 Å². The van der Waals surface area contributed by atoms with Gasteiger partial charge in [-0.2, -0.15) is 0 Å². The molecule has 35 heavy (non-hydrogen) atoms.